The van der Waals surface area contributed by atoms with Gasteiger partial charge in [-0.15, -0.1) is 0 Å². The van der Waals surface area contributed by atoms with Gasteiger partial charge < -0.3 is 0 Å². The Kier molecular flexibility index (Phi) is 2.41. The van der Waals surface area contributed by atoms with Crippen molar-refractivity contribution >= 4 is 9.84 Å². The number of rotatable bonds is 2. The summed E-state index contributed by atoms with van der Waals surface area (Å²) < 4.78 is 25.5. The molecule has 3 rings (SSSR count). The van der Waals surface area contributed by atoms with E-state index in [9.17, 15) is 8.42 Å². The molecule has 1 aromatic carbocycles. The molecule has 1 aliphatic carbocycles. The van der Waals surface area contributed by atoms with Gasteiger partial charge in [0.2, 0.25) is 0 Å². The highest BCUT2D eigenvalue weighted by Gasteiger charge is 2.87. The number of hydrogen-bond donors (Lipinski definition) is 0. The molecule has 0 N–H and O–H groups in total. The molecule has 20 heavy (non-hydrogen) atoms. The van der Waals surface area contributed by atoms with Crippen molar-refractivity contribution < 1.29 is 8.42 Å². The standard InChI is InChI=1S/C15H20N2O2S/c1-10-6-8-11(9-7-10)20(18,19)15-12(13(15,2)3)16-17-14(15,4)5/h6-9,12H,1-5H3/t12-,15-/m0/s1. The summed E-state index contributed by atoms with van der Waals surface area (Å²) in [6, 6.07) is 6.82. The maximum Gasteiger partial charge on any atom is 0.189 e. The van der Waals surface area contributed by atoms with Crippen molar-refractivity contribution in [1.82, 2.24) is 0 Å². The van der Waals surface area contributed by atoms with Crippen LogP contribution < -0.4 is 0 Å². The predicted molar refractivity (Wildman–Crippen MR) is 77.6 cm³/mol. The van der Waals surface area contributed by atoms with Crippen LogP contribution in [0.5, 0.6) is 0 Å². The molecule has 1 aliphatic heterocycles. The minimum Gasteiger partial charge on any atom is -0.223 e. The highest BCUT2D eigenvalue weighted by molar-refractivity contribution is 7.93. The zero-order valence-corrected chi connectivity index (χ0v) is 13.3. The van der Waals surface area contributed by atoms with Gasteiger partial charge in [0.1, 0.15) is 10.8 Å². The van der Waals surface area contributed by atoms with Gasteiger partial charge in [0.05, 0.1) is 10.4 Å². The Morgan fingerprint density at radius 1 is 1.05 bits per heavy atom. The van der Waals surface area contributed by atoms with Crippen LogP contribution in [0.1, 0.15) is 33.3 Å². The molecule has 1 heterocycles. The second kappa shape index (κ2) is 3.50. The maximum absolute atomic E-state index is 13.2. The van der Waals surface area contributed by atoms with Crippen LogP contribution in [-0.4, -0.2) is 24.7 Å². The average Bonchev–Trinajstić information content (AvgIpc) is 2.67. The minimum atomic E-state index is -3.48. The van der Waals surface area contributed by atoms with E-state index in [1.807, 2.05) is 46.8 Å². The molecule has 1 fully saturated rings. The van der Waals surface area contributed by atoms with Crippen molar-refractivity contribution in [2.75, 3.05) is 0 Å². The summed E-state index contributed by atoms with van der Waals surface area (Å²) in [7, 11) is -3.48. The van der Waals surface area contributed by atoms with Gasteiger partial charge in [0, 0.05) is 5.41 Å². The molecule has 0 radical (unpaired) electrons. The summed E-state index contributed by atoms with van der Waals surface area (Å²) in [5.41, 5.74) is -0.0135. The number of sulfone groups is 1. The SMILES string of the molecule is Cc1ccc(S(=O)(=O)[C@]23[C@@H](N=NC2(C)C)C3(C)C)cc1. The lowest BCUT2D eigenvalue weighted by atomic mass is 9.93. The van der Waals surface area contributed by atoms with E-state index in [0.29, 0.717) is 4.90 Å². The van der Waals surface area contributed by atoms with Crippen LogP contribution >= 0.6 is 0 Å². The van der Waals surface area contributed by atoms with E-state index in [2.05, 4.69) is 10.2 Å². The Balaban J connectivity index is 2.20. The summed E-state index contributed by atoms with van der Waals surface area (Å²) in [6.07, 6.45) is 0. The Morgan fingerprint density at radius 3 is 2.05 bits per heavy atom. The van der Waals surface area contributed by atoms with Crippen molar-refractivity contribution in [3.05, 3.63) is 29.8 Å². The fraction of sp³-hybridized carbons (Fsp3) is 0.600. The summed E-state index contributed by atoms with van der Waals surface area (Å²) >= 11 is 0. The highest BCUT2D eigenvalue weighted by atomic mass is 32.2. The minimum absolute atomic E-state index is 0.240. The van der Waals surface area contributed by atoms with Gasteiger partial charge in [0.15, 0.2) is 9.84 Å². The molecule has 2 aliphatic rings. The van der Waals surface area contributed by atoms with Crippen molar-refractivity contribution in [2.45, 2.75) is 55.8 Å². The lowest BCUT2D eigenvalue weighted by molar-refractivity contribution is 0.383. The van der Waals surface area contributed by atoms with Crippen LogP contribution in [0.4, 0.5) is 0 Å². The van der Waals surface area contributed by atoms with Crippen LogP contribution in [0, 0.1) is 12.3 Å². The van der Waals surface area contributed by atoms with Gasteiger partial charge in [0.25, 0.3) is 0 Å². The third-order valence-corrected chi connectivity index (χ3v) is 8.02. The first kappa shape index (κ1) is 13.7. The number of azo groups is 1. The van der Waals surface area contributed by atoms with E-state index in [0.717, 1.165) is 5.56 Å². The molecule has 0 saturated heterocycles. The van der Waals surface area contributed by atoms with E-state index < -0.39 is 20.1 Å². The molecular weight excluding hydrogens is 272 g/mol. The van der Waals surface area contributed by atoms with Crippen LogP contribution in [0.15, 0.2) is 39.4 Å². The summed E-state index contributed by atoms with van der Waals surface area (Å²) in [4.78, 5) is 0.374. The molecule has 0 aromatic heterocycles. The van der Waals surface area contributed by atoms with Crippen molar-refractivity contribution in [2.24, 2.45) is 15.6 Å². The summed E-state index contributed by atoms with van der Waals surface area (Å²) in [5, 5.41) is 8.46. The number of fused-ring (bicyclic) bond motifs is 1. The van der Waals surface area contributed by atoms with Gasteiger partial charge in [-0.25, -0.2) is 8.42 Å². The number of hydrogen-bond acceptors (Lipinski definition) is 4. The normalized spacial score (nSPS) is 33.0. The maximum atomic E-state index is 13.2. The summed E-state index contributed by atoms with van der Waals surface area (Å²) in [5.74, 6) is 0. The van der Waals surface area contributed by atoms with E-state index >= 15 is 0 Å². The molecule has 0 amide bonds. The number of aryl methyl sites for hydroxylation is 1. The Bertz CT molecular complexity index is 702. The molecule has 5 heteroatoms. The number of nitrogens with zero attached hydrogens (tertiary/aromatic N) is 2. The second-order valence-electron chi connectivity index (χ2n) is 6.95. The Morgan fingerprint density at radius 2 is 1.60 bits per heavy atom. The molecule has 0 unspecified atom stereocenters. The Labute approximate surface area is 120 Å². The third-order valence-electron chi connectivity index (χ3n) is 5.03. The Hall–Kier alpha value is -1.23. The lowest BCUT2D eigenvalue weighted by Gasteiger charge is -2.30. The van der Waals surface area contributed by atoms with Gasteiger partial charge in [-0.3, -0.25) is 0 Å². The molecule has 1 saturated carbocycles. The zero-order chi connectivity index (χ0) is 15.0. The molecule has 1 aromatic rings. The molecule has 0 bridgehead atoms. The first-order chi connectivity index (χ1) is 9.09. The van der Waals surface area contributed by atoms with E-state index in [1.54, 1.807) is 12.1 Å². The lowest BCUT2D eigenvalue weighted by Crippen LogP contribution is -2.46. The van der Waals surface area contributed by atoms with Crippen molar-refractivity contribution in [3.63, 3.8) is 0 Å². The second-order valence-corrected chi connectivity index (χ2v) is 9.07. The first-order valence-corrected chi connectivity index (χ1v) is 8.31. The van der Waals surface area contributed by atoms with Crippen LogP contribution in [0.2, 0.25) is 0 Å². The van der Waals surface area contributed by atoms with Crippen LogP contribution in [0.25, 0.3) is 0 Å². The van der Waals surface area contributed by atoms with Crippen LogP contribution in [0.3, 0.4) is 0 Å². The molecule has 4 nitrogen and oxygen atoms in total. The topological polar surface area (TPSA) is 58.9 Å². The largest absolute Gasteiger partial charge is 0.223 e. The zero-order valence-electron chi connectivity index (χ0n) is 12.5. The van der Waals surface area contributed by atoms with E-state index in [-0.39, 0.29) is 11.5 Å². The third kappa shape index (κ3) is 1.25. The van der Waals surface area contributed by atoms with Gasteiger partial charge in [-0.1, -0.05) is 31.5 Å². The van der Waals surface area contributed by atoms with Crippen LogP contribution in [-0.2, 0) is 9.84 Å². The fourth-order valence-electron chi connectivity index (χ4n) is 4.05. The predicted octanol–water partition coefficient (Wildman–Crippen LogP) is 3.16. The van der Waals surface area contributed by atoms with Gasteiger partial charge >= 0.3 is 0 Å². The van der Waals surface area contributed by atoms with Gasteiger partial charge in [-0.05, 0) is 32.9 Å². The monoisotopic (exact) mass is 292 g/mol. The van der Waals surface area contributed by atoms with E-state index in [4.69, 9.17) is 0 Å². The quantitative estimate of drug-likeness (QED) is 0.840. The van der Waals surface area contributed by atoms with Crippen molar-refractivity contribution in [1.29, 1.82) is 0 Å². The smallest absolute Gasteiger partial charge is 0.189 e. The molecule has 2 atom stereocenters. The highest BCUT2D eigenvalue weighted by Crippen LogP contribution is 2.72. The number of benzene rings is 1. The van der Waals surface area contributed by atoms with Gasteiger partial charge in [-0.2, -0.15) is 10.2 Å². The fourth-order valence-corrected chi connectivity index (χ4v) is 6.99. The average molecular weight is 292 g/mol. The van der Waals surface area contributed by atoms with Crippen molar-refractivity contribution in [3.8, 4) is 0 Å². The van der Waals surface area contributed by atoms with E-state index in [1.165, 1.54) is 0 Å². The molecule has 0 spiro atoms. The first-order valence-electron chi connectivity index (χ1n) is 6.82. The molecule has 108 valence electrons. The molecular formula is C15H20N2O2S. The summed E-state index contributed by atoms with van der Waals surface area (Å²) in [6.45, 7) is 9.64.